The maximum absolute atomic E-state index is 13.9. The molecule has 17 heavy (non-hydrogen) atoms. The summed E-state index contributed by atoms with van der Waals surface area (Å²) in [5, 5.41) is 0. The van der Waals surface area contributed by atoms with Crippen LogP contribution in [0.4, 0.5) is 4.39 Å². The average molecular weight is 238 g/mol. The van der Waals surface area contributed by atoms with Crippen molar-refractivity contribution in [2.24, 2.45) is 5.92 Å². The fourth-order valence-corrected chi connectivity index (χ4v) is 2.36. The minimum Gasteiger partial charge on any atom is -0.496 e. The lowest BCUT2D eigenvalue weighted by molar-refractivity contribution is 0.241. The second-order valence-corrected chi connectivity index (χ2v) is 4.67. The van der Waals surface area contributed by atoms with E-state index in [-0.39, 0.29) is 5.82 Å². The molecule has 0 spiro atoms. The van der Waals surface area contributed by atoms with E-state index >= 15 is 0 Å². The average Bonchev–Trinajstić information content (AvgIpc) is 2.84. The van der Waals surface area contributed by atoms with Crippen LogP contribution in [-0.2, 0) is 0 Å². The van der Waals surface area contributed by atoms with Gasteiger partial charge in [-0.05, 0) is 37.8 Å². The molecule has 1 saturated carbocycles. The fraction of sp³-hybridized carbons (Fsp3) is 0.571. The Kier molecular flexibility index (Phi) is 3.87. The van der Waals surface area contributed by atoms with Gasteiger partial charge in [0.2, 0.25) is 0 Å². The maximum Gasteiger partial charge on any atom is 0.171 e. The van der Waals surface area contributed by atoms with Crippen molar-refractivity contribution in [3.8, 4) is 11.5 Å². The van der Waals surface area contributed by atoms with Crippen LogP contribution in [0.5, 0.6) is 11.5 Å². The largest absolute Gasteiger partial charge is 0.496 e. The van der Waals surface area contributed by atoms with E-state index in [0.29, 0.717) is 29.6 Å². The first-order valence-corrected chi connectivity index (χ1v) is 6.18. The molecular formula is C14H19FO2. The third-order valence-electron chi connectivity index (χ3n) is 3.47. The highest BCUT2D eigenvalue weighted by Gasteiger charge is 2.17. The van der Waals surface area contributed by atoms with Crippen LogP contribution in [0.3, 0.4) is 0 Å². The van der Waals surface area contributed by atoms with E-state index in [4.69, 9.17) is 9.47 Å². The van der Waals surface area contributed by atoms with Crippen LogP contribution in [0.2, 0.25) is 0 Å². The first kappa shape index (κ1) is 12.2. The van der Waals surface area contributed by atoms with Gasteiger partial charge < -0.3 is 9.47 Å². The highest BCUT2D eigenvalue weighted by Crippen LogP contribution is 2.30. The van der Waals surface area contributed by atoms with Gasteiger partial charge in [0, 0.05) is 5.56 Å². The van der Waals surface area contributed by atoms with Crippen molar-refractivity contribution in [3.05, 3.63) is 23.5 Å². The van der Waals surface area contributed by atoms with Crippen molar-refractivity contribution in [3.63, 3.8) is 0 Å². The van der Waals surface area contributed by atoms with Crippen molar-refractivity contribution < 1.29 is 13.9 Å². The van der Waals surface area contributed by atoms with Crippen LogP contribution in [0.25, 0.3) is 0 Å². The fourth-order valence-electron chi connectivity index (χ4n) is 2.36. The van der Waals surface area contributed by atoms with Crippen molar-refractivity contribution in [2.45, 2.75) is 32.6 Å². The summed E-state index contributed by atoms with van der Waals surface area (Å²) in [6.45, 7) is 2.33. The van der Waals surface area contributed by atoms with Crippen molar-refractivity contribution >= 4 is 0 Å². The van der Waals surface area contributed by atoms with E-state index in [1.54, 1.807) is 26.2 Å². The van der Waals surface area contributed by atoms with E-state index < -0.39 is 0 Å². The van der Waals surface area contributed by atoms with Gasteiger partial charge >= 0.3 is 0 Å². The van der Waals surface area contributed by atoms with Crippen LogP contribution in [0.1, 0.15) is 31.2 Å². The van der Waals surface area contributed by atoms with Crippen LogP contribution in [0, 0.1) is 18.7 Å². The van der Waals surface area contributed by atoms with Crippen molar-refractivity contribution in [1.82, 2.24) is 0 Å². The Morgan fingerprint density at radius 2 is 1.88 bits per heavy atom. The molecule has 1 fully saturated rings. The van der Waals surface area contributed by atoms with Gasteiger partial charge in [-0.15, -0.1) is 0 Å². The summed E-state index contributed by atoms with van der Waals surface area (Å²) in [7, 11) is 1.54. The molecular weight excluding hydrogens is 219 g/mol. The molecule has 0 aliphatic heterocycles. The summed E-state index contributed by atoms with van der Waals surface area (Å²) < 4.78 is 24.6. The van der Waals surface area contributed by atoms with E-state index in [9.17, 15) is 4.39 Å². The molecule has 94 valence electrons. The minimum atomic E-state index is -0.303. The molecule has 0 N–H and O–H groups in total. The Bertz CT molecular complexity index is 384. The van der Waals surface area contributed by atoms with Crippen molar-refractivity contribution in [1.29, 1.82) is 0 Å². The van der Waals surface area contributed by atoms with Gasteiger partial charge in [0.05, 0.1) is 13.7 Å². The summed E-state index contributed by atoms with van der Waals surface area (Å²) in [4.78, 5) is 0. The first-order chi connectivity index (χ1) is 8.22. The second-order valence-electron chi connectivity index (χ2n) is 4.67. The molecule has 0 unspecified atom stereocenters. The highest BCUT2D eigenvalue weighted by atomic mass is 19.1. The van der Waals surface area contributed by atoms with Gasteiger partial charge in [-0.25, -0.2) is 4.39 Å². The third kappa shape index (κ3) is 2.71. The lowest BCUT2D eigenvalue weighted by atomic mass is 10.1. The highest BCUT2D eigenvalue weighted by molar-refractivity contribution is 5.41. The Hall–Kier alpha value is -1.25. The molecule has 0 heterocycles. The predicted molar refractivity (Wildman–Crippen MR) is 65.1 cm³/mol. The van der Waals surface area contributed by atoms with E-state index in [1.165, 1.54) is 25.7 Å². The van der Waals surface area contributed by atoms with Crippen LogP contribution < -0.4 is 9.47 Å². The Labute approximate surface area is 102 Å². The molecule has 0 atom stereocenters. The van der Waals surface area contributed by atoms with Gasteiger partial charge in [0.15, 0.2) is 11.6 Å². The molecule has 1 aromatic rings. The first-order valence-electron chi connectivity index (χ1n) is 6.18. The van der Waals surface area contributed by atoms with Crippen LogP contribution in [-0.4, -0.2) is 13.7 Å². The molecule has 0 radical (unpaired) electrons. The zero-order valence-corrected chi connectivity index (χ0v) is 10.5. The standard InChI is InChI=1S/C14H19FO2/c1-10-12(16-2)7-8-13(14(10)15)17-9-11-5-3-4-6-11/h7-8,11H,3-6,9H2,1-2H3. The van der Waals surface area contributed by atoms with E-state index in [0.717, 1.165) is 0 Å². The third-order valence-corrected chi connectivity index (χ3v) is 3.47. The lowest BCUT2D eigenvalue weighted by Crippen LogP contribution is -2.09. The van der Waals surface area contributed by atoms with Crippen LogP contribution >= 0.6 is 0 Å². The normalized spacial score (nSPS) is 16.2. The molecule has 0 bridgehead atoms. The van der Waals surface area contributed by atoms with Gasteiger partial charge in [0.1, 0.15) is 5.75 Å². The molecule has 1 aliphatic rings. The molecule has 1 aromatic carbocycles. The number of halogens is 1. The monoisotopic (exact) mass is 238 g/mol. The van der Waals surface area contributed by atoms with Gasteiger partial charge in [0.25, 0.3) is 0 Å². The van der Waals surface area contributed by atoms with E-state index in [1.807, 2.05) is 0 Å². The molecule has 1 aliphatic carbocycles. The molecule has 2 nitrogen and oxygen atoms in total. The predicted octanol–water partition coefficient (Wildman–Crippen LogP) is 3.71. The molecule has 0 amide bonds. The number of benzene rings is 1. The topological polar surface area (TPSA) is 18.5 Å². The molecule has 3 heteroatoms. The quantitative estimate of drug-likeness (QED) is 0.796. The van der Waals surface area contributed by atoms with Gasteiger partial charge in [-0.1, -0.05) is 12.8 Å². The number of hydrogen-bond donors (Lipinski definition) is 0. The van der Waals surface area contributed by atoms with Crippen LogP contribution in [0.15, 0.2) is 12.1 Å². The second kappa shape index (κ2) is 5.39. The summed E-state index contributed by atoms with van der Waals surface area (Å²) in [6.07, 6.45) is 4.96. The van der Waals surface area contributed by atoms with Gasteiger partial charge in [-0.2, -0.15) is 0 Å². The Balaban J connectivity index is 2.03. The Morgan fingerprint density at radius 1 is 1.24 bits per heavy atom. The maximum atomic E-state index is 13.9. The number of ether oxygens (including phenoxy) is 2. The molecule has 0 saturated heterocycles. The lowest BCUT2D eigenvalue weighted by Gasteiger charge is -2.14. The number of methoxy groups -OCH3 is 1. The summed E-state index contributed by atoms with van der Waals surface area (Å²) in [5.41, 5.74) is 0.511. The minimum absolute atomic E-state index is 0.303. The SMILES string of the molecule is COc1ccc(OCC2CCCC2)c(F)c1C. The van der Waals surface area contributed by atoms with E-state index in [2.05, 4.69) is 0 Å². The number of rotatable bonds is 4. The molecule has 2 rings (SSSR count). The van der Waals surface area contributed by atoms with Crippen molar-refractivity contribution in [2.75, 3.05) is 13.7 Å². The molecule has 0 aromatic heterocycles. The summed E-state index contributed by atoms with van der Waals surface area (Å²) in [5.74, 6) is 1.20. The van der Waals surface area contributed by atoms with Gasteiger partial charge in [-0.3, -0.25) is 0 Å². The Morgan fingerprint density at radius 3 is 2.53 bits per heavy atom. The zero-order chi connectivity index (χ0) is 12.3. The summed E-state index contributed by atoms with van der Waals surface area (Å²) >= 11 is 0. The smallest absolute Gasteiger partial charge is 0.171 e. The number of hydrogen-bond acceptors (Lipinski definition) is 2. The summed E-state index contributed by atoms with van der Waals surface area (Å²) in [6, 6.07) is 3.40. The zero-order valence-electron chi connectivity index (χ0n) is 10.5.